The molecule has 0 aromatic heterocycles. The molecule has 0 aliphatic heterocycles. The lowest BCUT2D eigenvalue weighted by Gasteiger charge is -2.60. The zero-order chi connectivity index (χ0) is 13.6. The van der Waals surface area contributed by atoms with E-state index in [1.54, 1.807) is 6.92 Å². The Morgan fingerprint density at radius 1 is 0.941 bits per heavy atom. The molecule has 0 nitrogen and oxygen atoms in total. The molecule has 0 radical (unpaired) electrons. The van der Waals surface area contributed by atoms with Gasteiger partial charge >= 0.3 is 12.4 Å². The van der Waals surface area contributed by atoms with Gasteiger partial charge in [0.05, 0.1) is 0 Å². The Bertz CT molecular complexity index is 263. The van der Waals surface area contributed by atoms with Crippen molar-refractivity contribution in [2.75, 3.05) is 0 Å². The van der Waals surface area contributed by atoms with E-state index in [1.165, 1.54) is 6.92 Å². The van der Waals surface area contributed by atoms with Gasteiger partial charge in [0.15, 0.2) is 5.41 Å². The van der Waals surface area contributed by atoms with Crippen LogP contribution in [0, 0.1) is 23.2 Å². The minimum Gasteiger partial charge on any atom is -0.170 e. The highest BCUT2D eigenvalue weighted by atomic mass is 19.4. The van der Waals surface area contributed by atoms with E-state index >= 15 is 0 Å². The summed E-state index contributed by atoms with van der Waals surface area (Å²) in [6, 6.07) is 0. The van der Waals surface area contributed by atoms with Crippen LogP contribution in [0.4, 0.5) is 26.3 Å². The number of halogens is 6. The Kier molecular flexibility index (Phi) is 3.49. The Labute approximate surface area is 96.4 Å². The molecular formula is C11H16F6. The fraction of sp³-hybridized carbons (Fsp3) is 1.00. The van der Waals surface area contributed by atoms with Crippen LogP contribution in [0.5, 0.6) is 0 Å². The van der Waals surface area contributed by atoms with Crippen LogP contribution in [-0.4, -0.2) is 12.4 Å². The zero-order valence-corrected chi connectivity index (χ0v) is 9.91. The molecule has 1 aliphatic rings. The van der Waals surface area contributed by atoms with E-state index < -0.39 is 35.5 Å². The molecule has 0 saturated heterocycles. The molecule has 0 heterocycles. The predicted molar refractivity (Wildman–Crippen MR) is 51.3 cm³/mol. The van der Waals surface area contributed by atoms with E-state index in [9.17, 15) is 26.3 Å². The van der Waals surface area contributed by atoms with Crippen molar-refractivity contribution in [2.24, 2.45) is 23.2 Å². The summed E-state index contributed by atoms with van der Waals surface area (Å²) in [5.41, 5.74) is -3.50. The summed E-state index contributed by atoms with van der Waals surface area (Å²) in [5.74, 6) is -3.29. The minimum absolute atomic E-state index is 0.0372. The van der Waals surface area contributed by atoms with E-state index in [0.717, 1.165) is 6.92 Å². The highest BCUT2D eigenvalue weighted by Crippen LogP contribution is 2.71. The van der Waals surface area contributed by atoms with Crippen LogP contribution < -0.4 is 0 Å². The summed E-state index contributed by atoms with van der Waals surface area (Å²) in [4.78, 5) is 0. The molecule has 0 spiro atoms. The summed E-state index contributed by atoms with van der Waals surface area (Å²) < 4.78 is 77.6. The van der Waals surface area contributed by atoms with E-state index in [2.05, 4.69) is 0 Å². The quantitative estimate of drug-likeness (QED) is 0.627. The summed E-state index contributed by atoms with van der Waals surface area (Å²) in [6.07, 6.45) is -10.2. The lowest BCUT2D eigenvalue weighted by molar-refractivity contribution is -0.421. The number of hydrogen-bond donors (Lipinski definition) is 0. The summed E-state index contributed by atoms with van der Waals surface area (Å²) in [5, 5.41) is 0. The van der Waals surface area contributed by atoms with E-state index in [1.807, 2.05) is 0 Å². The van der Waals surface area contributed by atoms with Gasteiger partial charge in [-0.1, -0.05) is 27.2 Å². The molecule has 0 N–H and O–H groups in total. The van der Waals surface area contributed by atoms with Gasteiger partial charge in [-0.25, -0.2) is 0 Å². The first-order chi connectivity index (χ1) is 7.51. The van der Waals surface area contributed by atoms with E-state index in [-0.39, 0.29) is 6.42 Å². The van der Waals surface area contributed by atoms with Crippen molar-refractivity contribution in [3.63, 3.8) is 0 Å². The third-order valence-electron chi connectivity index (χ3n) is 4.26. The Morgan fingerprint density at radius 3 is 1.65 bits per heavy atom. The van der Waals surface area contributed by atoms with Crippen molar-refractivity contribution in [3.05, 3.63) is 0 Å². The third kappa shape index (κ3) is 1.74. The van der Waals surface area contributed by atoms with Gasteiger partial charge in [0.1, 0.15) is 0 Å². The van der Waals surface area contributed by atoms with Gasteiger partial charge < -0.3 is 0 Å². The van der Waals surface area contributed by atoms with Crippen molar-refractivity contribution in [1.29, 1.82) is 0 Å². The van der Waals surface area contributed by atoms with Crippen molar-refractivity contribution in [2.45, 2.75) is 46.0 Å². The molecule has 17 heavy (non-hydrogen) atoms. The fourth-order valence-corrected chi connectivity index (χ4v) is 3.30. The van der Waals surface area contributed by atoms with Crippen molar-refractivity contribution in [3.8, 4) is 0 Å². The molecule has 0 amide bonds. The monoisotopic (exact) mass is 262 g/mol. The fourth-order valence-electron chi connectivity index (χ4n) is 3.30. The van der Waals surface area contributed by atoms with Crippen LogP contribution in [0.15, 0.2) is 0 Å². The van der Waals surface area contributed by atoms with Crippen molar-refractivity contribution < 1.29 is 26.3 Å². The highest BCUT2D eigenvalue weighted by Gasteiger charge is 2.82. The van der Waals surface area contributed by atoms with Gasteiger partial charge in [0.2, 0.25) is 0 Å². The van der Waals surface area contributed by atoms with Crippen molar-refractivity contribution >= 4 is 0 Å². The van der Waals surface area contributed by atoms with Gasteiger partial charge in [-0.3, -0.25) is 0 Å². The number of rotatable bonds is 2. The van der Waals surface area contributed by atoms with Gasteiger partial charge in [-0.15, -0.1) is 0 Å². The molecule has 6 heteroatoms. The molecule has 0 unspecified atom stereocenters. The lowest BCUT2D eigenvalue weighted by Crippen LogP contribution is -2.69. The first kappa shape index (κ1) is 14.6. The van der Waals surface area contributed by atoms with Gasteiger partial charge in [0, 0.05) is 0 Å². The summed E-state index contributed by atoms with van der Waals surface area (Å²) in [7, 11) is 0. The van der Waals surface area contributed by atoms with Gasteiger partial charge in [-0.2, -0.15) is 26.3 Å². The smallest absolute Gasteiger partial charge is 0.170 e. The molecule has 1 aliphatic carbocycles. The maximum atomic E-state index is 12.9. The summed E-state index contributed by atoms with van der Waals surface area (Å²) >= 11 is 0. The molecule has 1 rings (SSSR count). The van der Waals surface area contributed by atoms with Crippen LogP contribution in [0.1, 0.15) is 33.6 Å². The highest BCUT2D eigenvalue weighted by molar-refractivity contribution is 5.12. The molecule has 0 aromatic rings. The zero-order valence-electron chi connectivity index (χ0n) is 9.91. The predicted octanol–water partition coefficient (Wildman–Crippen LogP) is 4.80. The average molecular weight is 262 g/mol. The van der Waals surface area contributed by atoms with Crippen LogP contribution in [0.2, 0.25) is 0 Å². The first-order valence-corrected chi connectivity index (χ1v) is 5.65. The molecular weight excluding hydrogens is 246 g/mol. The van der Waals surface area contributed by atoms with E-state index in [4.69, 9.17) is 0 Å². The third-order valence-corrected chi connectivity index (χ3v) is 4.26. The topological polar surface area (TPSA) is 0 Å². The molecule has 3 atom stereocenters. The molecule has 0 aromatic carbocycles. The normalized spacial score (nSPS) is 33.4. The molecule has 1 saturated carbocycles. The maximum Gasteiger partial charge on any atom is 0.403 e. The second-order valence-corrected chi connectivity index (χ2v) is 4.91. The Balaban J connectivity index is 3.24. The van der Waals surface area contributed by atoms with Gasteiger partial charge in [0.25, 0.3) is 0 Å². The minimum atomic E-state index is -5.23. The van der Waals surface area contributed by atoms with Crippen molar-refractivity contribution in [1.82, 2.24) is 0 Å². The molecule has 0 bridgehead atoms. The second-order valence-electron chi connectivity index (χ2n) is 4.91. The SMILES string of the molecule is CCC[C@H]1[C@@H](C)[C@@H](C)C1(C(F)(F)F)C(F)(F)F. The van der Waals surface area contributed by atoms with Crippen LogP contribution in [-0.2, 0) is 0 Å². The lowest BCUT2D eigenvalue weighted by atomic mass is 9.45. The summed E-state index contributed by atoms with van der Waals surface area (Å²) in [6.45, 7) is 4.13. The Morgan fingerprint density at radius 2 is 1.35 bits per heavy atom. The Hall–Kier alpha value is -0.420. The van der Waals surface area contributed by atoms with Crippen LogP contribution >= 0.6 is 0 Å². The largest absolute Gasteiger partial charge is 0.403 e. The van der Waals surface area contributed by atoms with Crippen LogP contribution in [0.25, 0.3) is 0 Å². The molecule has 102 valence electrons. The van der Waals surface area contributed by atoms with Crippen LogP contribution in [0.3, 0.4) is 0 Å². The molecule has 1 fully saturated rings. The maximum absolute atomic E-state index is 12.9. The van der Waals surface area contributed by atoms with Gasteiger partial charge in [-0.05, 0) is 24.2 Å². The average Bonchev–Trinajstić information content (AvgIpc) is 2.12. The number of alkyl halides is 6. The van der Waals surface area contributed by atoms with E-state index in [0.29, 0.717) is 6.42 Å². The first-order valence-electron chi connectivity index (χ1n) is 5.65. The standard InChI is InChI=1S/C11H16F6/c1-4-5-8-6(2)7(3)9(8,10(12,13)14)11(15,16)17/h6-8H,4-5H2,1-3H3/t6-,7+,8-/m0/s1. The second kappa shape index (κ2) is 4.05. The number of hydrogen-bond acceptors (Lipinski definition) is 0.